The van der Waals surface area contributed by atoms with Crippen molar-refractivity contribution in [1.29, 1.82) is 0 Å². The number of rotatable bonds is 6. The van der Waals surface area contributed by atoms with Crippen LogP contribution >= 0.6 is 0 Å². The molecule has 0 aliphatic carbocycles. The van der Waals surface area contributed by atoms with Crippen LogP contribution in [0, 0.1) is 6.92 Å². The van der Waals surface area contributed by atoms with Crippen molar-refractivity contribution in [2.75, 3.05) is 36.4 Å². The second-order valence-corrected chi connectivity index (χ2v) is 6.63. The second-order valence-electron chi connectivity index (χ2n) is 6.63. The minimum absolute atomic E-state index is 0.0840. The first kappa shape index (κ1) is 18.9. The van der Waals surface area contributed by atoms with E-state index in [1.54, 1.807) is 17.3 Å². The van der Waals surface area contributed by atoms with Gasteiger partial charge in [-0.2, -0.15) is 0 Å². The van der Waals surface area contributed by atoms with Crippen LogP contribution in [0.5, 0.6) is 5.88 Å². The highest BCUT2D eigenvalue weighted by molar-refractivity contribution is 5.89. The van der Waals surface area contributed by atoms with Gasteiger partial charge in [0.1, 0.15) is 6.10 Å². The van der Waals surface area contributed by atoms with Crippen LogP contribution in [0.15, 0.2) is 36.7 Å². The van der Waals surface area contributed by atoms with Gasteiger partial charge in [0.2, 0.25) is 0 Å². The predicted molar refractivity (Wildman–Crippen MR) is 106 cm³/mol. The number of carbonyl (C=O) groups excluding carboxylic acids is 1. The number of urea groups is 1. The lowest BCUT2D eigenvalue weighted by Gasteiger charge is -2.23. The second kappa shape index (κ2) is 8.70. The van der Waals surface area contributed by atoms with E-state index in [0.717, 1.165) is 36.6 Å². The topological polar surface area (TPSA) is 70.6 Å². The van der Waals surface area contributed by atoms with E-state index >= 15 is 0 Å². The molecule has 0 bridgehead atoms. The number of ether oxygens (including phenoxy) is 1. The summed E-state index contributed by atoms with van der Waals surface area (Å²) in [5, 5.41) is 2.95. The van der Waals surface area contributed by atoms with Crippen molar-refractivity contribution in [2.24, 2.45) is 0 Å². The van der Waals surface area contributed by atoms with Crippen molar-refractivity contribution in [3.8, 4) is 5.88 Å². The van der Waals surface area contributed by atoms with Gasteiger partial charge >= 0.3 is 6.03 Å². The smallest absolute Gasteiger partial charge is 0.321 e. The normalized spacial score (nSPS) is 16.3. The molecule has 1 saturated heterocycles. The van der Waals surface area contributed by atoms with Crippen LogP contribution in [0.3, 0.4) is 0 Å². The molecule has 1 atom stereocenters. The summed E-state index contributed by atoms with van der Waals surface area (Å²) in [6.07, 6.45) is 4.01. The molecular weight excluding hydrogens is 342 g/mol. The van der Waals surface area contributed by atoms with Gasteiger partial charge in [-0.05, 0) is 38.5 Å². The van der Waals surface area contributed by atoms with Gasteiger partial charge in [-0.25, -0.2) is 14.8 Å². The Kier molecular flexibility index (Phi) is 6.11. The Morgan fingerprint density at radius 3 is 2.81 bits per heavy atom. The van der Waals surface area contributed by atoms with Crippen molar-refractivity contribution < 1.29 is 9.53 Å². The number of likely N-dealkylation sites (tertiary alicyclic amines) is 1. The molecule has 1 aliphatic heterocycles. The summed E-state index contributed by atoms with van der Waals surface area (Å²) in [7, 11) is 0. The summed E-state index contributed by atoms with van der Waals surface area (Å²) in [4.78, 5) is 25.2. The van der Waals surface area contributed by atoms with Gasteiger partial charge in [0.15, 0.2) is 5.82 Å². The summed E-state index contributed by atoms with van der Waals surface area (Å²) in [5.74, 6) is 1.29. The van der Waals surface area contributed by atoms with Gasteiger partial charge in [0.25, 0.3) is 5.88 Å². The summed E-state index contributed by atoms with van der Waals surface area (Å²) in [6, 6.07) is 7.69. The van der Waals surface area contributed by atoms with E-state index in [0.29, 0.717) is 19.0 Å². The molecule has 27 heavy (non-hydrogen) atoms. The molecule has 3 rings (SSSR count). The van der Waals surface area contributed by atoms with Gasteiger partial charge in [0, 0.05) is 44.1 Å². The van der Waals surface area contributed by atoms with Gasteiger partial charge in [-0.15, -0.1) is 0 Å². The van der Waals surface area contributed by atoms with Crippen molar-refractivity contribution in [3.05, 3.63) is 42.2 Å². The van der Waals surface area contributed by atoms with Crippen LogP contribution < -0.4 is 15.0 Å². The molecule has 0 spiro atoms. The minimum Gasteiger partial charge on any atom is -0.470 e. The molecule has 2 aromatic rings. The summed E-state index contributed by atoms with van der Waals surface area (Å²) in [5.41, 5.74) is 1.92. The summed E-state index contributed by atoms with van der Waals surface area (Å²) >= 11 is 0. The lowest BCUT2D eigenvalue weighted by atomic mass is 10.2. The molecule has 7 heteroatoms. The molecule has 144 valence electrons. The van der Waals surface area contributed by atoms with Crippen LogP contribution in [0.1, 0.15) is 25.8 Å². The molecule has 1 fully saturated rings. The third kappa shape index (κ3) is 4.67. The number of aromatic nitrogens is 2. The third-order valence-electron chi connectivity index (χ3n) is 4.69. The summed E-state index contributed by atoms with van der Waals surface area (Å²) in [6.45, 7) is 9.02. The highest BCUT2D eigenvalue weighted by Crippen LogP contribution is 2.25. The van der Waals surface area contributed by atoms with Crippen molar-refractivity contribution >= 4 is 17.5 Å². The molecular formula is C20H27N5O2. The van der Waals surface area contributed by atoms with E-state index in [4.69, 9.17) is 4.74 Å². The van der Waals surface area contributed by atoms with Crippen LogP contribution in [0.2, 0.25) is 0 Å². The molecule has 2 heterocycles. The number of benzene rings is 1. The monoisotopic (exact) mass is 369 g/mol. The lowest BCUT2D eigenvalue weighted by Crippen LogP contribution is -2.34. The first-order valence-corrected chi connectivity index (χ1v) is 9.46. The highest BCUT2D eigenvalue weighted by atomic mass is 16.5. The Morgan fingerprint density at radius 2 is 2.07 bits per heavy atom. The molecule has 2 amide bonds. The number of carbonyl (C=O) groups is 1. The maximum Gasteiger partial charge on any atom is 0.321 e. The summed E-state index contributed by atoms with van der Waals surface area (Å²) < 4.78 is 6.10. The predicted octanol–water partition coefficient (Wildman–Crippen LogP) is 3.32. The molecule has 1 aromatic carbocycles. The molecule has 0 radical (unpaired) electrons. The molecule has 1 unspecified atom stereocenters. The van der Waals surface area contributed by atoms with Crippen LogP contribution in [0.25, 0.3) is 0 Å². The van der Waals surface area contributed by atoms with Crippen LogP contribution in [0.4, 0.5) is 16.3 Å². The van der Waals surface area contributed by atoms with Crippen molar-refractivity contribution in [1.82, 2.24) is 14.9 Å². The average molecular weight is 369 g/mol. The van der Waals surface area contributed by atoms with Gasteiger partial charge < -0.3 is 19.9 Å². The van der Waals surface area contributed by atoms with Crippen LogP contribution in [-0.4, -0.2) is 53.2 Å². The van der Waals surface area contributed by atoms with Gasteiger partial charge in [0.05, 0.1) is 6.54 Å². The number of nitrogens with zero attached hydrogens (tertiary/aromatic N) is 4. The lowest BCUT2D eigenvalue weighted by molar-refractivity contribution is 0.190. The maximum atomic E-state index is 12.5. The van der Waals surface area contributed by atoms with Gasteiger partial charge in [-0.1, -0.05) is 12.1 Å². The zero-order valence-corrected chi connectivity index (χ0v) is 16.2. The Balaban J connectivity index is 1.61. The average Bonchev–Trinajstić information content (AvgIpc) is 3.13. The Bertz CT molecular complexity index is 778. The molecule has 7 nitrogen and oxygen atoms in total. The Labute approximate surface area is 160 Å². The molecule has 1 N–H and O–H groups in total. The standard InChI is InChI=1S/C20H27N5O2/c1-4-24(5-2)18-19(22-11-10-21-18)27-17-9-12-25(14-17)20(26)23-16-8-6-7-15(3)13-16/h6-8,10-11,13,17H,4-5,9,12,14H2,1-3H3,(H,23,26). The number of anilines is 2. The SMILES string of the molecule is CCN(CC)c1nccnc1OC1CCN(C(=O)Nc2cccc(C)c2)C1. The number of aryl methyl sites for hydroxylation is 1. The van der Waals surface area contributed by atoms with E-state index in [-0.39, 0.29) is 12.1 Å². The first-order valence-electron chi connectivity index (χ1n) is 9.46. The minimum atomic E-state index is -0.102. The third-order valence-corrected chi connectivity index (χ3v) is 4.69. The largest absolute Gasteiger partial charge is 0.470 e. The fraction of sp³-hybridized carbons (Fsp3) is 0.450. The maximum absolute atomic E-state index is 12.5. The van der Waals surface area contributed by atoms with Gasteiger partial charge in [-0.3, -0.25) is 0 Å². The van der Waals surface area contributed by atoms with E-state index < -0.39 is 0 Å². The zero-order chi connectivity index (χ0) is 19.2. The molecule has 1 aliphatic rings. The number of nitrogens with one attached hydrogen (secondary N) is 1. The Hall–Kier alpha value is -2.83. The van der Waals surface area contributed by atoms with Crippen molar-refractivity contribution in [2.45, 2.75) is 33.3 Å². The Morgan fingerprint density at radius 1 is 1.30 bits per heavy atom. The number of amides is 2. The van der Waals surface area contributed by atoms with Crippen molar-refractivity contribution in [3.63, 3.8) is 0 Å². The zero-order valence-electron chi connectivity index (χ0n) is 16.2. The fourth-order valence-electron chi connectivity index (χ4n) is 3.23. The fourth-order valence-corrected chi connectivity index (χ4v) is 3.23. The van der Waals surface area contributed by atoms with Crippen LogP contribution in [-0.2, 0) is 0 Å². The van der Waals surface area contributed by atoms with E-state index in [2.05, 4.69) is 34.0 Å². The number of hydrogen-bond acceptors (Lipinski definition) is 5. The highest BCUT2D eigenvalue weighted by Gasteiger charge is 2.29. The van der Waals surface area contributed by atoms with E-state index in [1.165, 1.54) is 0 Å². The molecule has 1 aromatic heterocycles. The van der Waals surface area contributed by atoms with E-state index in [1.807, 2.05) is 31.2 Å². The quantitative estimate of drug-likeness (QED) is 0.846. The first-order chi connectivity index (χ1) is 13.1. The molecule has 0 saturated carbocycles. The van der Waals surface area contributed by atoms with E-state index in [9.17, 15) is 4.79 Å². The number of hydrogen-bond donors (Lipinski definition) is 1.